The van der Waals surface area contributed by atoms with Crippen molar-refractivity contribution >= 4 is 17.9 Å². The summed E-state index contributed by atoms with van der Waals surface area (Å²) in [5.74, 6) is -0.838. The van der Waals surface area contributed by atoms with Gasteiger partial charge in [0.1, 0.15) is 13.2 Å². The van der Waals surface area contributed by atoms with Crippen LogP contribution in [0.1, 0.15) is 393 Å². The largest absolute Gasteiger partial charge is 0.462 e. The van der Waals surface area contributed by atoms with Crippen LogP contribution in [0, 0.1) is 0 Å². The summed E-state index contributed by atoms with van der Waals surface area (Å²) in [6.07, 6.45) is 73.1. The number of carbonyl (C=O) groups is 3. The maximum Gasteiger partial charge on any atom is 0.306 e. The van der Waals surface area contributed by atoms with Crippen molar-refractivity contribution in [1.29, 1.82) is 0 Å². The van der Waals surface area contributed by atoms with Crippen LogP contribution in [0.25, 0.3) is 0 Å². The highest BCUT2D eigenvalue weighted by molar-refractivity contribution is 5.71. The van der Waals surface area contributed by atoms with Crippen LogP contribution >= 0.6 is 0 Å². The summed E-state index contributed by atoms with van der Waals surface area (Å²) in [7, 11) is 0. The van der Waals surface area contributed by atoms with Gasteiger partial charge in [-0.05, 0) is 19.3 Å². The molecule has 6 nitrogen and oxygen atoms in total. The molecule has 6 heteroatoms. The van der Waals surface area contributed by atoms with Gasteiger partial charge < -0.3 is 14.2 Å². The predicted molar refractivity (Wildman–Crippen MR) is 317 cm³/mol. The Bertz CT molecular complexity index is 1090. The maximum atomic E-state index is 12.8. The molecule has 0 aliphatic carbocycles. The molecule has 0 amide bonds. The minimum Gasteiger partial charge on any atom is -0.462 e. The van der Waals surface area contributed by atoms with Crippen LogP contribution in [0.4, 0.5) is 0 Å². The molecular weight excluding hydrogens is 901 g/mol. The SMILES string of the molecule is CCCCCCCCCCCCCCCCCCCCCCCCCCCCCCCCCCCCCC(=O)OCC(COC(=O)CCCCCCCCCCC)OC(=O)CCCCCCCCCCCCC. The summed E-state index contributed by atoms with van der Waals surface area (Å²) in [6.45, 7) is 6.68. The molecular formula is C67H130O6. The van der Waals surface area contributed by atoms with Gasteiger partial charge in [0.15, 0.2) is 6.10 Å². The van der Waals surface area contributed by atoms with Crippen LogP contribution in [-0.4, -0.2) is 37.2 Å². The Hall–Kier alpha value is -1.59. The monoisotopic (exact) mass is 1030 g/mol. The summed E-state index contributed by atoms with van der Waals surface area (Å²) in [5, 5.41) is 0. The Morgan fingerprint density at radius 1 is 0.219 bits per heavy atom. The molecule has 0 rings (SSSR count). The minimum atomic E-state index is -0.760. The van der Waals surface area contributed by atoms with Gasteiger partial charge in [0, 0.05) is 19.3 Å². The zero-order valence-corrected chi connectivity index (χ0v) is 50.0. The van der Waals surface area contributed by atoms with E-state index >= 15 is 0 Å². The van der Waals surface area contributed by atoms with Crippen molar-refractivity contribution < 1.29 is 28.6 Å². The van der Waals surface area contributed by atoms with Crippen molar-refractivity contribution in [1.82, 2.24) is 0 Å². The van der Waals surface area contributed by atoms with Crippen LogP contribution in [0.2, 0.25) is 0 Å². The smallest absolute Gasteiger partial charge is 0.306 e. The van der Waals surface area contributed by atoms with E-state index in [1.165, 1.54) is 295 Å². The van der Waals surface area contributed by atoms with Crippen LogP contribution in [0.5, 0.6) is 0 Å². The number of hydrogen-bond donors (Lipinski definition) is 0. The lowest BCUT2D eigenvalue weighted by molar-refractivity contribution is -0.167. The van der Waals surface area contributed by atoms with Crippen LogP contribution in [0.3, 0.4) is 0 Å². The van der Waals surface area contributed by atoms with Crippen molar-refractivity contribution in [3.05, 3.63) is 0 Å². The summed E-state index contributed by atoms with van der Waals surface area (Å²) in [4.78, 5) is 38.0. The molecule has 0 aromatic carbocycles. The van der Waals surface area contributed by atoms with Gasteiger partial charge >= 0.3 is 17.9 Å². The Morgan fingerprint density at radius 3 is 0.548 bits per heavy atom. The molecule has 1 atom stereocenters. The highest BCUT2D eigenvalue weighted by atomic mass is 16.6. The van der Waals surface area contributed by atoms with Gasteiger partial charge in [0.25, 0.3) is 0 Å². The highest BCUT2D eigenvalue weighted by Crippen LogP contribution is 2.19. The van der Waals surface area contributed by atoms with Gasteiger partial charge in [-0.1, -0.05) is 355 Å². The highest BCUT2D eigenvalue weighted by Gasteiger charge is 2.19. The molecule has 0 aromatic rings. The molecule has 73 heavy (non-hydrogen) atoms. The van der Waals surface area contributed by atoms with E-state index in [9.17, 15) is 14.4 Å². The van der Waals surface area contributed by atoms with Crippen molar-refractivity contribution in [3.63, 3.8) is 0 Å². The summed E-state index contributed by atoms with van der Waals surface area (Å²) in [6, 6.07) is 0. The van der Waals surface area contributed by atoms with Gasteiger partial charge in [0.05, 0.1) is 0 Å². The molecule has 0 saturated carbocycles. The maximum absolute atomic E-state index is 12.8. The van der Waals surface area contributed by atoms with Crippen molar-refractivity contribution in [2.24, 2.45) is 0 Å². The fourth-order valence-electron chi connectivity index (χ4n) is 10.6. The van der Waals surface area contributed by atoms with Crippen molar-refractivity contribution in [2.75, 3.05) is 13.2 Å². The van der Waals surface area contributed by atoms with Crippen LogP contribution < -0.4 is 0 Å². The predicted octanol–water partition coefficient (Wildman–Crippen LogP) is 22.7. The van der Waals surface area contributed by atoms with Crippen molar-refractivity contribution in [3.8, 4) is 0 Å². The third-order valence-electron chi connectivity index (χ3n) is 15.6. The van der Waals surface area contributed by atoms with E-state index in [2.05, 4.69) is 20.8 Å². The Kier molecular flexibility index (Phi) is 61.6. The van der Waals surface area contributed by atoms with E-state index in [-0.39, 0.29) is 31.1 Å². The molecule has 0 bridgehead atoms. The van der Waals surface area contributed by atoms with Gasteiger partial charge in [0.2, 0.25) is 0 Å². The molecule has 0 aliphatic rings. The zero-order chi connectivity index (χ0) is 52.9. The molecule has 0 aliphatic heterocycles. The minimum absolute atomic E-state index is 0.0617. The third-order valence-corrected chi connectivity index (χ3v) is 15.6. The number of esters is 3. The molecule has 0 spiro atoms. The zero-order valence-electron chi connectivity index (χ0n) is 50.0. The van der Waals surface area contributed by atoms with E-state index in [0.29, 0.717) is 19.3 Å². The first kappa shape index (κ1) is 71.4. The number of rotatable bonds is 63. The molecule has 0 saturated heterocycles. The van der Waals surface area contributed by atoms with Gasteiger partial charge in [-0.3, -0.25) is 14.4 Å². The fourth-order valence-corrected chi connectivity index (χ4v) is 10.6. The lowest BCUT2D eigenvalue weighted by atomic mass is 10.0. The average Bonchev–Trinajstić information content (AvgIpc) is 3.39. The first-order valence-corrected chi connectivity index (χ1v) is 33.5. The number of hydrogen-bond acceptors (Lipinski definition) is 6. The quantitative estimate of drug-likeness (QED) is 0.0343. The Labute approximate surface area is 457 Å². The lowest BCUT2D eigenvalue weighted by Crippen LogP contribution is -2.30. The van der Waals surface area contributed by atoms with Gasteiger partial charge in [-0.15, -0.1) is 0 Å². The second-order valence-corrected chi connectivity index (χ2v) is 23.1. The van der Waals surface area contributed by atoms with E-state index in [1.54, 1.807) is 0 Å². The van der Waals surface area contributed by atoms with Crippen LogP contribution in [-0.2, 0) is 28.6 Å². The summed E-state index contributed by atoms with van der Waals surface area (Å²) < 4.78 is 16.8. The van der Waals surface area contributed by atoms with E-state index in [1.807, 2.05) is 0 Å². The molecule has 0 aromatic heterocycles. The first-order valence-electron chi connectivity index (χ1n) is 33.5. The second-order valence-electron chi connectivity index (χ2n) is 23.1. The number of ether oxygens (including phenoxy) is 3. The number of unbranched alkanes of at least 4 members (excludes halogenated alkanes) is 52. The molecule has 0 heterocycles. The van der Waals surface area contributed by atoms with Crippen molar-refractivity contribution in [2.45, 2.75) is 399 Å². The van der Waals surface area contributed by atoms with Crippen LogP contribution in [0.15, 0.2) is 0 Å². The summed E-state index contributed by atoms with van der Waals surface area (Å²) >= 11 is 0. The molecule has 0 N–H and O–H groups in total. The topological polar surface area (TPSA) is 78.9 Å². The summed E-state index contributed by atoms with van der Waals surface area (Å²) in [5.41, 5.74) is 0. The second kappa shape index (κ2) is 62.9. The lowest BCUT2D eigenvalue weighted by Gasteiger charge is -2.18. The van der Waals surface area contributed by atoms with E-state index in [0.717, 1.165) is 57.8 Å². The van der Waals surface area contributed by atoms with E-state index in [4.69, 9.17) is 14.2 Å². The van der Waals surface area contributed by atoms with E-state index < -0.39 is 6.10 Å². The number of carbonyl (C=O) groups excluding carboxylic acids is 3. The Balaban J connectivity index is 3.85. The standard InChI is InChI=1S/C67H130O6/c1-4-7-10-13-16-19-21-22-23-24-25-26-27-28-29-30-31-32-33-34-35-36-37-38-39-40-41-42-43-44-46-48-51-54-57-60-66(69)72-63-64(62-71-65(68)59-56-53-50-47-18-15-12-9-6-3)73-67(70)61-58-55-52-49-45-20-17-14-11-8-5-2/h64H,4-63H2,1-3H3. The Morgan fingerprint density at radius 2 is 0.370 bits per heavy atom. The average molecular weight is 1030 g/mol. The van der Waals surface area contributed by atoms with Gasteiger partial charge in [-0.25, -0.2) is 0 Å². The molecule has 434 valence electrons. The molecule has 0 fully saturated rings. The third kappa shape index (κ3) is 61.1. The molecule has 0 radical (unpaired) electrons. The fraction of sp³-hybridized carbons (Fsp3) is 0.955. The normalized spacial score (nSPS) is 11.9. The molecule has 1 unspecified atom stereocenters. The first-order chi connectivity index (χ1) is 36.0. The van der Waals surface area contributed by atoms with Gasteiger partial charge in [-0.2, -0.15) is 0 Å².